The van der Waals surface area contributed by atoms with Crippen molar-refractivity contribution >= 4 is 17.6 Å². The third-order valence-corrected chi connectivity index (χ3v) is 3.39. The second-order valence-electron chi connectivity index (χ2n) is 6.37. The molecule has 0 saturated carbocycles. The maximum Gasteiger partial charge on any atom is 0.282 e. The van der Waals surface area contributed by atoms with Crippen LogP contribution < -0.4 is 11.1 Å². The van der Waals surface area contributed by atoms with Gasteiger partial charge in [0.15, 0.2) is 0 Å². The van der Waals surface area contributed by atoms with Crippen LogP contribution in [-0.2, 0) is 16.0 Å². The standard InChI is InChI=1S/C16H23N3O2/c1-16(2,3)14(20)18-12-7-4-11(5-8-12)6-9-13-10-21-15(17)19-13/h4-5,7-8,13H,6,9-10H2,1-3H3,(H2,17,19)(H,18,20). The third kappa shape index (κ3) is 4.48. The predicted molar refractivity (Wildman–Crippen MR) is 84.2 cm³/mol. The van der Waals surface area contributed by atoms with Gasteiger partial charge in [-0.15, -0.1) is 0 Å². The molecule has 21 heavy (non-hydrogen) atoms. The van der Waals surface area contributed by atoms with E-state index in [4.69, 9.17) is 10.5 Å². The van der Waals surface area contributed by atoms with Gasteiger partial charge in [-0.05, 0) is 30.5 Å². The van der Waals surface area contributed by atoms with Crippen LogP contribution >= 0.6 is 0 Å². The summed E-state index contributed by atoms with van der Waals surface area (Å²) in [7, 11) is 0. The van der Waals surface area contributed by atoms with E-state index in [1.807, 2.05) is 45.0 Å². The Balaban J connectivity index is 1.86. The van der Waals surface area contributed by atoms with Crippen LogP contribution in [0.25, 0.3) is 0 Å². The fraction of sp³-hybridized carbons (Fsp3) is 0.500. The summed E-state index contributed by atoms with van der Waals surface area (Å²) >= 11 is 0. The average Bonchev–Trinajstić information content (AvgIpc) is 2.83. The number of nitrogens with zero attached hydrogens (tertiary/aromatic N) is 1. The van der Waals surface area contributed by atoms with Gasteiger partial charge in [0.2, 0.25) is 5.91 Å². The number of carbonyl (C=O) groups is 1. The lowest BCUT2D eigenvalue weighted by atomic mass is 9.95. The van der Waals surface area contributed by atoms with Crippen LogP contribution in [-0.4, -0.2) is 24.6 Å². The van der Waals surface area contributed by atoms with Gasteiger partial charge in [0.05, 0.1) is 6.04 Å². The summed E-state index contributed by atoms with van der Waals surface area (Å²) in [6.07, 6.45) is 1.83. The molecule has 5 nitrogen and oxygen atoms in total. The van der Waals surface area contributed by atoms with Crippen LogP contribution in [0.4, 0.5) is 5.69 Å². The summed E-state index contributed by atoms with van der Waals surface area (Å²) in [6, 6.07) is 8.37. The van der Waals surface area contributed by atoms with Crippen molar-refractivity contribution in [3.05, 3.63) is 29.8 Å². The Morgan fingerprint density at radius 2 is 2.05 bits per heavy atom. The van der Waals surface area contributed by atoms with E-state index < -0.39 is 0 Å². The molecule has 0 aliphatic carbocycles. The van der Waals surface area contributed by atoms with Gasteiger partial charge >= 0.3 is 0 Å². The van der Waals surface area contributed by atoms with Gasteiger partial charge in [-0.25, -0.2) is 4.99 Å². The van der Waals surface area contributed by atoms with Gasteiger partial charge in [0, 0.05) is 11.1 Å². The minimum Gasteiger partial charge on any atom is -0.463 e. The molecule has 0 spiro atoms. The number of nitrogens with two attached hydrogens (primary N) is 1. The molecule has 1 aliphatic rings. The largest absolute Gasteiger partial charge is 0.463 e. The molecule has 0 radical (unpaired) electrons. The Bertz CT molecular complexity index is 529. The Hall–Kier alpha value is -2.04. The number of anilines is 1. The van der Waals surface area contributed by atoms with Crippen molar-refractivity contribution in [3.63, 3.8) is 0 Å². The minimum atomic E-state index is -0.390. The molecule has 2 rings (SSSR count). The van der Waals surface area contributed by atoms with E-state index in [9.17, 15) is 4.79 Å². The normalized spacial score (nSPS) is 18.0. The van der Waals surface area contributed by atoms with Crippen LogP contribution in [0.5, 0.6) is 0 Å². The molecule has 3 N–H and O–H groups in total. The van der Waals surface area contributed by atoms with Gasteiger partial charge in [-0.3, -0.25) is 4.79 Å². The van der Waals surface area contributed by atoms with E-state index in [1.54, 1.807) is 0 Å². The van der Waals surface area contributed by atoms with Crippen molar-refractivity contribution in [2.45, 2.75) is 39.7 Å². The lowest BCUT2D eigenvalue weighted by Gasteiger charge is -2.17. The Morgan fingerprint density at radius 3 is 2.57 bits per heavy atom. The molecule has 1 aliphatic heterocycles. The van der Waals surface area contributed by atoms with Gasteiger partial charge in [0.1, 0.15) is 6.61 Å². The number of nitrogens with one attached hydrogen (secondary N) is 1. The zero-order valence-corrected chi connectivity index (χ0v) is 12.8. The minimum absolute atomic E-state index is 0.0168. The Kier molecular flexibility index (Phi) is 4.50. The summed E-state index contributed by atoms with van der Waals surface area (Å²) in [6.45, 7) is 6.26. The fourth-order valence-corrected chi connectivity index (χ4v) is 1.99. The van der Waals surface area contributed by atoms with Crippen LogP contribution in [0.15, 0.2) is 29.3 Å². The molecule has 1 heterocycles. The summed E-state index contributed by atoms with van der Waals surface area (Å²) in [5.41, 5.74) is 7.13. The first kappa shape index (κ1) is 15.4. The van der Waals surface area contributed by atoms with Crippen LogP contribution in [0.3, 0.4) is 0 Å². The van der Waals surface area contributed by atoms with E-state index >= 15 is 0 Å². The number of ether oxygens (including phenoxy) is 1. The van der Waals surface area contributed by atoms with Crippen molar-refractivity contribution in [2.24, 2.45) is 16.1 Å². The van der Waals surface area contributed by atoms with Crippen molar-refractivity contribution in [3.8, 4) is 0 Å². The number of hydrogen-bond acceptors (Lipinski definition) is 4. The van der Waals surface area contributed by atoms with E-state index in [0.29, 0.717) is 12.6 Å². The second-order valence-corrected chi connectivity index (χ2v) is 6.37. The highest BCUT2D eigenvalue weighted by Gasteiger charge is 2.21. The smallest absolute Gasteiger partial charge is 0.282 e. The highest BCUT2D eigenvalue weighted by atomic mass is 16.5. The van der Waals surface area contributed by atoms with Crippen molar-refractivity contribution in [1.82, 2.24) is 0 Å². The molecule has 114 valence electrons. The van der Waals surface area contributed by atoms with Crippen molar-refractivity contribution in [2.75, 3.05) is 11.9 Å². The lowest BCUT2D eigenvalue weighted by molar-refractivity contribution is -0.123. The van der Waals surface area contributed by atoms with Crippen molar-refractivity contribution < 1.29 is 9.53 Å². The molecule has 1 aromatic rings. The number of hydrogen-bond donors (Lipinski definition) is 2. The number of benzene rings is 1. The second kappa shape index (κ2) is 6.16. The maximum atomic E-state index is 11.9. The first-order valence-electron chi connectivity index (χ1n) is 7.21. The molecule has 5 heteroatoms. The van der Waals surface area contributed by atoms with Crippen molar-refractivity contribution in [1.29, 1.82) is 0 Å². The van der Waals surface area contributed by atoms with Crippen LogP contribution in [0, 0.1) is 5.41 Å². The monoisotopic (exact) mass is 289 g/mol. The molecule has 0 aromatic heterocycles. The van der Waals surface area contributed by atoms with Gasteiger partial charge < -0.3 is 15.8 Å². The molecule has 0 saturated heterocycles. The Morgan fingerprint density at radius 1 is 1.38 bits per heavy atom. The number of amides is 1. The van der Waals surface area contributed by atoms with Gasteiger partial charge in [0.25, 0.3) is 6.02 Å². The van der Waals surface area contributed by atoms with E-state index in [0.717, 1.165) is 18.5 Å². The van der Waals surface area contributed by atoms with Gasteiger partial charge in [-0.2, -0.15) is 0 Å². The van der Waals surface area contributed by atoms with E-state index in [2.05, 4.69) is 10.3 Å². The average molecular weight is 289 g/mol. The number of rotatable bonds is 4. The third-order valence-electron chi connectivity index (χ3n) is 3.39. The predicted octanol–water partition coefficient (Wildman–Crippen LogP) is 2.32. The Labute approximate surface area is 125 Å². The first-order chi connectivity index (χ1) is 9.84. The van der Waals surface area contributed by atoms with E-state index in [-0.39, 0.29) is 17.4 Å². The molecular weight excluding hydrogens is 266 g/mol. The molecular formula is C16H23N3O2. The number of aliphatic imine (C=N–C) groups is 1. The summed E-state index contributed by atoms with van der Waals surface area (Å²) in [5.74, 6) is 0.0168. The SMILES string of the molecule is CC(C)(C)C(=O)Nc1ccc(CCC2COC(N)=N2)cc1. The maximum absolute atomic E-state index is 11.9. The van der Waals surface area contributed by atoms with Crippen LogP contribution in [0.1, 0.15) is 32.8 Å². The van der Waals surface area contributed by atoms with Gasteiger partial charge in [-0.1, -0.05) is 32.9 Å². The first-order valence-corrected chi connectivity index (χ1v) is 7.21. The lowest BCUT2D eigenvalue weighted by Crippen LogP contribution is -2.27. The summed E-state index contributed by atoms with van der Waals surface area (Å²) < 4.78 is 5.13. The zero-order valence-electron chi connectivity index (χ0n) is 12.8. The molecule has 0 fully saturated rings. The highest BCUT2D eigenvalue weighted by molar-refractivity contribution is 5.94. The zero-order chi connectivity index (χ0) is 15.5. The molecule has 0 bridgehead atoms. The number of aryl methyl sites for hydroxylation is 1. The fourth-order valence-electron chi connectivity index (χ4n) is 1.99. The molecule has 1 amide bonds. The molecule has 1 unspecified atom stereocenters. The highest BCUT2D eigenvalue weighted by Crippen LogP contribution is 2.18. The van der Waals surface area contributed by atoms with Crippen LogP contribution in [0.2, 0.25) is 0 Å². The summed E-state index contributed by atoms with van der Waals surface area (Å²) in [4.78, 5) is 16.1. The number of amidine groups is 1. The molecule has 1 atom stereocenters. The van der Waals surface area contributed by atoms with E-state index in [1.165, 1.54) is 5.56 Å². The summed E-state index contributed by atoms with van der Waals surface area (Å²) in [5, 5.41) is 2.91. The topological polar surface area (TPSA) is 76.7 Å². The number of carbonyl (C=O) groups excluding carboxylic acids is 1. The molecule has 1 aromatic carbocycles. The quantitative estimate of drug-likeness (QED) is 0.893.